The van der Waals surface area contributed by atoms with Gasteiger partial charge < -0.3 is 19.9 Å². The molecule has 6 rings (SSSR count). The lowest BCUT2D eigenvalue weighted by molar-refractivity contribution is -0.122. The maximum atomic E-state index is 13.9. The van der Waals surface area contributed by atoms with Crippen LogP contribution in [0.25, 0.3) is 11.6 Å². The number of hydrogen-bond donors (Lipinski definition) is 3. The third kappa shape index (κ3) is 5.70. The van der Waals surface area contributed by atoms with Crippen LogP contribution in [0.2, 0.25) is 0 Å². The number of hydrogen-bond acceptors (Lipinski definition) is 6. The Bertz CT molecular complexity index is 1580. The number of carbonyl (C=O) groups excluding carboxylic acids is 2. The molecule has 3 aliphatic rings. The number of aromatic hydroxyl groups is 1. The molecular weight excluding hydrogens is 541 g/mol. The fraction of sp³-hybridized carbons (Fsp3) is 0.314. The molecule has 2 aliphatic heterocycles. The Balaban J connectivity index is 1.28. The van der Waals surface area contributed by atoms with Crippen molar-refractivity contribution in [3.63, 3.8) is 0 Å². The fourth-order valence-corrected chi connectivity index (χ4v) is 7.14. The summed E-state index contributed by atoms with van der Waals surface area (Å²) in [7, 11) is -1.69. The molecule has 7 nitrogen and oxygen atoms in total. The first kappa shape index (κ1) is 29.1. The number of phenols is 1. The average Bonchev–Trinajstić information content (AvgIpc) is 3.54. The number of rotatable bonds is 9. The van der Waals surface area contributed by atoms with Gasteiger partial charge in [0.25, 0.3) is 0 Å². The predicted molar refractivity (Wildman–Crippen MR) is 167 cm³/mol. The lowest BCUT2D eigenvalue weighted by Gasteiger charge is -2.32. The van der Waals surface area contributed by atoms with Crippen LogP contribution >= 0.6 is 0 Å². The van der Waals surface area contributed by atoms with Gasteiger partial charge in [0.15, 0.2) is 0 Å². The van der Waals surface area contributed by atoms with Gasteiger partial charge in [0.1, 0.15) is 5.75 Å². The second-order valence-electron chi connectivity index (χ2n) is 11.7. The van der Waals surface area contributed by atoms with E-state index in [-0.39, 0.29) is 35.0 Å². The molecule has 3 N–H and O–H groups in total. The highest BCUT2D eigenvalue weighted by molar-refractivity contribution is 6.58. The van der Waals surface area contributed by atoms with Gasteiger partial charge >= 0.3 is 7.12 Å². The van der Waals surface area contributed by atoms with Crippen molar-refractivity contribution in [2.24, 2.45) is 17.8 Å². The molecule has 2 heterocycles. The van der Waals surface area contributed by atoms with Gasteiger partial charge in [-0.05, 0) is 77.7 Å². The van der Waals surface area contributed by atoms with Crippen LogP contribution in [0.4, 0.5) is 5.69 Å². The first-order valence-electron chi connectivity index (χ1n) is 15.1. The smallest absolute Gasteiger partial charge is 0.488 e. The number of fused-ring (bicyclic) bond motifs is 3. The molecule has 3 aromatic rings. The molecule has 220 valence electrons. The highest BCUT2D eigenvalue weighted by Crippen LogP contribution is 2.51. The maximum Gasteiger partial charge on any atom is 0.488 e. The Hall–Kier alpha value is -3.98. The summed E-state index contributed by atoms with van der Waals surface area (Å²) < 4.78 is 6.44. The molecule has 0 bridgehead atoms. The van der Waals surface area contributed by atoms with Crippen molar-refractivity contribution in [1.82, 2.24) is 0 Å². The summed E-state index contributed by atoms with van der Waals surface area (Å²) in [5.74, 6) is -1.34. The molecule has 2 amide bonds. The number of anilines is 1. The second kappa shape index (κ2) is 12.3. The number of imide groups is 1. The zero-order valence-corrected chi connectivity index (χ0v) is 24.2. The van der Waals surface area contributed by atoms with Crippen LogP contribution in [-0.2, 0) is 14.3 Å². The van der Waals surface area contributed by atoms with E-state index in [0.717, 1.165) is 42.4 Å². The van der Waals surface area contributed by atoms with Crippen LogP contribution in [-0.4, -0.2) is 46.8 Å². The summed E-state index contributed by atoms with van der Waals surface area (Å²) in [5, 5.41) is 29.3. The van der Waals surface area contributed by atoms with Crippen molar-refractivity contribution in [2.75, 3.05) is 11.5 Å². The number of phenolic OH excluding ortho intramolecular Hbond substituents is 1. The first-order valence-corrected chi connectivity index (χ1v) is 15.1. The van der Waals surface area contributed by atoms with Crippen LogP contribution in [0, 0.1) is 17.8 Å². The van der Waals surface area contributed by atoms with Gasteiger partial charge in [-0.25, -0.2) is 0 Å². The van der Waals surface area contributed by atoms with Crippen molar-refractivity contribution in [3.8, 4) is 5.75 Å². The quantitative estimate of drug-likeness (QED) is 0.147. The maximum absolute atomic E-state index is 13.9. The molecule has 0 radical (unpaired) electrons. The molecule has 8 heteroatoms. The molecule has 4 atom stereocenters. The van der Waals surface area contributed by atoms with Crippen LogP contribution < -0.4 is 10.4 Å². The zero-order chi connectivity index (χ0) is 30.1. The van der Waals surface area contributed by atoms with E-state index in [1.165, 1.54) is 22.1 Å². The molecule has 2 saturated heterocycles. The van der Waals surface area contributed by atoms with Crippen molar-refractivity contribution in [1.29, 1.82) is 0 Å². The summed E-state index contributed by atoms with van der Waals surface area (Å²) in [5.41, 5.74) is 6.18. The molecule has 2 fully saturated rings. The zero-order valence-electron chi connectivity index (χ0n) is 24.2. The van der Waals surface area contributed by atoms with Crippen LogP contribution in [0.1, 0.15) is 50.2 Å². The SMILES string of the molecule is CCCC1=C2[C@@H](CC/C(=C/c3cccc(O)c3)c3ccccc3)OC[C@@H]2[C@@H]2C(=O)N(c3cccc(B(O)O)c3)C(=O)[C@@H]2C1. The van der Waals surface area contributed by atoms with Crippen LogP contribution in [0.5, 0.6) is 5.75 Å². The summed E-state index contributed by atoms with van der Waals surface area (Å²) in [6.07, 6.45) is 5.76. The monoisotopic (exact) mass is 577 g/mol. The topological polar surface area (TPSA) is 107 Å². The fourth-order valence-electron chi connectivity index (χ4n) is 7.14. The largest absolute Gasteiger partial charge is 0.508 e. The Morgan fingerprint density at radius 2 is 1.77 bits per heavy atom. The van der Waals surface area contributed by atoms with E-state index < -0.39 is 19.0 Å². The highest BCUT2D eigenvalue weighted by Gasteiger charge is 2.57. The van der Waals surface area contributed by atoms with E-state index in [2.05, 4.69) is 25.1 Å². The lowest BCUT2D eigenvalue weighted by Crippen LogP contribution is -2.35. The summed E-state index contributed by atoms with van der Waals surface area (Å²) >= 11 is 0. The molecule has 0 saturated carbocycles. The highest BCUT2D eigenvalue weighted by atomic mass is 16.5. The van der Waals surface area contributed by atoms with Crippen LogP contribution in [0.15, 0.2) is 90.0 Å². The molecule has 0 spiro atoms. The second-order valence-corrected chi connectivity index (χ2v) is 11.7. The Labute approximate surface area is 252 Å². The summed E-state index contributed by atoms with van der Waals surface area (Å²) in [4.78, 5) is 28.9. The number of nitrogens with zero attached hydrogens (tertiary/aromatic N) is 1. The first-order chi connectivity index (χ1) is 20.9. The van der Waals surface area contributed by atoms with Gasteiger partial charge in [0, 0.05) is 5.92 Å². The van der Waals surface area contributed by atoms with Gasteiger partial charge in [-0.1, -0.05) is 79.6 Å². The van der Waals surface area contributed by atoms with E-state index >= 15 is 0 Å². The van der Waals surface area contributed by atoms with Crippen molar-refractivity contribution in [3.05, 3.63) is 101 Å². The Kier molecular flexibility index (Phi) is 8.35. The van der Waals surface area contributed by atoms with E-state index in [0.29, 0.717) is 18.7 Å². The number of benzene rings is 3. The lowest BCUT2D eigenvalue weighted by atomic mass is 9.68. The van der Waals surface area contributed by atoms with E-state index in [1.807, 2.05) is 30.3 Å². The molecule has 0 aromatic heterocycles. The minimum Gasteiger partial charge on any atom is -0.508 e. The molecule has 0 unspecified atom stereocenters. The van der Waals surface area contributed by atoms with Crippen molar-refractivity contribution < 1.29 is 29.5 Å². The van der Waals surface area contributed by atoms with Crippen molar-refractivity contribution in [2.45, 2.75) is 45.1 Å². The predicted octanol–water partition coefficient (Wildman–Crippen LogP) is 4.71. The Morgan fingerprint density at radius 1 is 0.977 bits per heavy atom. The van der Waals surface area contributed by atoms with E-state index in [9.17, 15) is 24.7 Å². The van der Waals surface area contributed by atoms with Crippen LogP contribution in [0.3, 0.4) is 0 Å². The average molecular weight is 577 g/mol. The van der Waals surface area contributed by atoms with Gasteiger partial charge in [-0.2, -0.15) is 0 Å². The van der Waals surface area contributed by atoms with Gasteiger partial charge in [-0.15, -0.1) is 0 Å². The molecule has 43 heavy (non-hydrogen) atoms. The van der Waals surface area contributed by atoms with Gasteiger partial charge in [-0.3, -0.25) is 14.5 Å². The standard InChI is InChI=1S/C35H36BNO6/c1-2-8-25-19-29-33(35(40)37(34(29)39)27-13-7-12-26(20-27)36(41)42)30-21-43-31(32(25)30)16-15-24(23-10-4-3-5-11-23)17-22-9-6-14-28(38)18-22/h3-7,9-14,17-18,20,29-31,33,38,41-42H,2,8,15-16,19,21H2,1H3/b24-17-/t29-,30+,31-,33-/m1/s1. The minimum absolute atomic E-state index is 0.145. The van der Waals surface area contributed by atoms with Gasteiger partial charge in [0.2, 0.25) is 11.8 Å². The summed E-state index contributed by atoms with van der Waals surface area (Å²) in [6.45, 7) is 2.53. The third-order valence-corrected chi connectivity index (χ3v) is 9.02. The number of allylic oxidation sites excluding steroid dienone is 2. The molecule has 1 aliphatic carbocycles. The molecular formula is C35H36BNO6. The third-order valence-electron chi connectivity index (χ3n) is 9.02. The van der Waals surface area contributed by atoms with Gasteiger partial charge in [0.05, 0.1) is 30.2 Å². The number of carbonyl (C=O) groups is 2. The van der Waals surface area contributed by atoms with Crippen molar-refractivity contribution >= 4 is 41.7 Å². The van der Waals surface area contributed by atoms with E-state index in [1.54, 1.807) is 30.3 Å². The normalized spacial score (nSPS) is 23.5. The number of ether oxygens (including phenoxy) is 1. The Morgan fingerprint density at radius 3 is 2.51 bits per heavy atom. The molecule has 3 aromatic carbocycles. The minimum atomic E-state index is -1.69. The number of amides is 2. The summed E-state index contributed by atoms with van der Waals surface area (Å²) in [6, 6.07) is 23.8. The van der Waals surface area contributed by atoms with E-state index in [4.69, 9.17) is 4.74 Å².